The molecular weight excluding hydrogens is 711 g/mol. The molecule has 9 atom stereocenters. The van der Waals surface area contributed by atoms with E-state index in [1.165, 1.54) is 40.4 Å². The fraction of sp³-hybridized carbons (Fsp3) is 0.619. The molecule has 0 aliphatic heterocycles. The number of carbonyl (C=O) groups excluding carboxylic acids is 8. The third-order valence-electron chi connectivity index (χ3n) is 11.5. The fourth-order valence-corrected chi connectivity index (χ4v) is 8.97. The van der Waals surface area contributed by atoms with Crippen LogP contribution in [0.3, 0.4) is 0 Å². The zero-order valence-corrected chi connectivity index (χ0v) is 34.1. The van der Waals surface area contributed by atoms with Gasteiger partial charge >= 0.3 is 7.60 Å². The minimum atomic E-state index is -3.74. The summed E-state index contributed by atoms with van der Waals surface area (Å²) < 4.78 is 24.9. The van der Waals surface area contributed by atoms with E-state index >= 15 is 0 Å². The number of rotatable bonds is 22. The zero-order chi connectivity index (χ0) is 40.7. The van der Waals surface area contributed by atoms with Crippen molar-refractivity contribution < 1.29 is 52.0 Å². The van der Waals surface area contributed by atoms with Crippen molar-refractivity contribution in [2.24, 2.45) is 41.4 Å². The molecule has 0 saturated carbocycles. The number of hydrogen-bond donors (Lipinski definition) is 0. The van der Waals surface area contributed by atoms with Crippen LogP contribution in [0, 0.1) is 41.4 Å². The van der Waals surface area contributed by atoms with Gasteiger partial charge in [-0.1, -0.05) is 33.8 Å². The predicted molar refractivity (Wildman–Crippen MR) is 204 cm³/mol. The van der Waals surface area contributed by atoms with Crippen LogP contribution in [-0.4, -0.2) is 65.6 Å². The Kier molecular flexibility index (Phi) is 16.1. The molecule has 0 aromatic carbocycles. The summed E-state index contributed by atoms with van der Waals surface area (Å²) in [4.78, 5) is 99.8. The molecule has 9 unspecified atom stereocenters. The van der Waals surface area contributed by atoms with Crippen molar-refractivity contribution in [3.05, 3.63) is 46.6 Å². The Hall–Kier alpha value is -3.53. The van der Waals surface area contributed by atoms with Gasteiger partial charge in [0.15, 0.2) is 17.3 Å². The topological polar surface area (TPSA) is 172 Å². The van der Waals surface area contributed by atoms with E-state index in [2.05, 4.69) is 6.92 Å². The average molecular weight is 769 g/mol. The molecular formula is C42H57O11P. The molecule has 0 aromatic heterocycles. The van der Waals surface area contributed by atoms with Crippen LogP contribution in [0.4, 0.5) is 0 Å². The van der Waals surface area contributed by atoms with Crippen LogP contribution in [0.15, 0.2) is 46.6 Å². The van der Waals surface area contributed by atoms with Crippen LogP contribution < -0.4 is 0 Å². The monoisotopic (exact) mass is 768 g/mol. The highest BCUT2D eigenvalue weighted by atomic mass is 31.2. The molecule has 0 radical (unpaired) electrons. The second-order valence-corrected chi connectivity index (χ2v) is 17.9. The first kappa shape index (κ1) is 44.9. The zero-order valence-electron chi connectivity index (χ0n) is 33.2. The van der Waals surface area contributed by atoms with Crippen LogP contribution in [0.2, 0.25) is 0 Å². The number of allylic oxidation sites excluding steroid dienone is 8. The van der Waals surface area contributed by atoms with Crippen molar-refractivity contribution in [1.29, 1.82) is 0 Å². The van der Waals surface area contributed by atoms with Gasteiger partial charge in [-0.05, 0) is 99.7 Å². The van der Waals surface area contributed by atoms with Crippen LogP contribution in [-0.2, 0) is 52.0 Å². The third-order valence-corrected chi connectivity index (χ3v) is 12.8. The molecule has 3 aliphatic rings. The Morgan fingerprint density at radius 2 is 1.52 bits per heavy atom. The van der Waals surface area contributed by atoms with Crippen molar-refractivity contribution >= 4 is 53.9 Å². The molecule has 3 rings (SSSR count). The van der Waals surface area contributed by atoms with Gasteiger partial charge in [-0.3, -0.25) is 42.7 Å². The third kappa shape index (κ3) is 12.2. The normalized spacial score (nSPS) is 22.0. The average Bonchev–Trinajstić information content (AvgIpc) is 3.08. The van der Waals surface area contributed by atoms with Crippen LogP contribution in [0.1, 0.15) is 107 Å². The number of Topliss-reactive ketones (excluding diaryl/α,β-unsaturated/α-hetero) is 7. The standard InChI is InChI=1S/C42H57O11P/c1-23(16-38-37-19-34(47)13-12-32(37)18-40-39(38)20-35(48)21-41(40)49)26(4)24(2)22-52-54(9,51)53-30(8)42(50)27(5)36(29(7)45)15-14-33(46)17-31(28(6)44)11-10-25(3)43/h12-13,18-19,23-24,26-27,30-31,36,38H,10-11,14-17,20-22H2,1-9H3. The van der Waals surface area contributed by atoms with E-state index in [0.717, 1.165) is 16.7 Å². The van der Waals surface area contributed by atoms with Gasteiger partial charge in [0.2, 0.25) is 0 Å². The van der Waals surface area contributed by atoms with Gasteiger partial charge in [0.25, 0.3) is 0 Å². The lowest BCUT2D eigenvalue weighted by Gasteiger charge is -2.36. The number of ketones is 8. The Balaban J connectivity index is 1.58. The first-order chi connectivity index (χ1) is 25.1. The van der Waals surface area contributed by atoms with Gasteiger partial charge in [0.1, 0.15) is 35.0 Å². The first-order valence-corrected chi connectivity index (χ1v) is 21.0. The largest absolute Gasteiger partial charge is 0.328 e. The van der Waals surface area contributed by atoms with E-state index in [1.54, 1.807) is 25.2 Å². The minimum absolute atomic E-state index is 0.00870. The summed E-state index contributed by atoms with van der Waals surface area (Å²) in [6, 6.07) is 0. The Bertz CT molecular complexity index is 1730. The van der Waals surface area contributed by atoms with Crippen molar-refractivity contribution in [3.8, 4) is 0 Å². The molecule has 0 spiro atoms. The quantitative estimate of drug-likeness (QED) is 0.0812. The van der Waals surface area contributed by atoms with Gasteiger partial charge in [-0.15, -0.1) is 0 Å². The summed E-state index contributed by atoms with van der Waals surface area (Å²) in [5, 5.41) is 0. The second kappa shape index (κ2) is 19.4. The maximum atomic E-state index is 13.5. The Morgan fingerprint density at radius 3 is 2.13 bits per heavy atom. The van der Waals surface area contributed by atoms with Gasteiger partial charge in [0.05, 0.1) is 13.0 Å². The second-order valence-electron chi connectivity index (χ2n) is 15.8. The van der Waals surface area contributed by atoms with Gasteiger partial charge in [-0.25, -0.2) is 0 Å². The van der Waals surface area contributed by atoms with Crippen LogP contribution >= 0.6 is 7.60 Å². The summed E-state index contributed by atoms with van der Waals surface area (Å²) >= 11 is 0. The highest BCUT2D eigenvalue weighted by Gasteiger charge is 2.38. The molecule has 3 aliphatic carbocycles. The summed E-state index contributed by atoms with van der Waals surface area (Å²) in [5.74, 6) is -4.19. The summed E-state index contributed by atoms with van der Waals surface area (Å²) in [6.07, 6.45) is 6.61. The smallest absolute Gasteiger partial charge is 0.308 e. The minimum Gasteiger partial charge on any atom is -0.308 e. The van der Waals surface area contributed by atoms with Gasteiger partial charge < -0.3 is 9.32 Å². The van der Waals surface area contributed by atoms with Crippen molar-refractivity contribution in [2.45, 2.75) is 113 Å². The van der Waals surface area contributed by atoms with Gasteiger partial charge in [-0.2, -0.15) is 0 Å². The molecule has 12 heteroatoms. The van der Waals surface area contributed by atoms with Crippen molar-refractivity contribution in [3.63, 3.8) is 0 Å². The van der Waals surface area contributed by atoms with E-state index in [1.807, 2.05) is 13.8 Å². The Labute approximate surface area is 319 Å². The lowest BCUT2D eigenvalue weighted by atomic mass is 9.67. The van der Waals surface area contributed by atoms with E-state index in [4.69, 9.17) is 9.05 Å². The summed E-state index contributed by atoms with van der Waals surface area (Å²) in [5.41, 5.74) is 2.94. The fourth-order valence-electron chi connectivity index (χ4n) is 7.72. The van der Waals surface area contributed by atoms with Gasteiger partial charge in [0, 0.05) is 61.6 Å². The molecule has 0 N–H and O–H groups in total. The molecule has 296 valence electrons. The van der Waals surface area contributed by atoms with Crippen molar-refractivity contribution in [1.82, 2.24) is 0 Å². The Morgan fingerprint density at radius 1 is 0.852 bits per heavy atom. The molecule has 0 amide bonds. The maximum absolute atomic E-state index is 13.5. The van der Waals surface area contributed by atoms with Crippen LogP contribution in [0.25, 0.3) is 0 Å². The lowest BCUT2D eigenvalue weighted by Crippen LogP contribution is -2.34. The van der Waals surface area contributed by atoms with Crippen LogP contribution in [0.5, 0.6) is 0 Å². The molecule has 54 heavy (non-hydrogen) atoms. The summed E-state index contributed by atoms with van der Waals surface area (Å²) in [7, 11) is -3.74. The van der Waals surface area contributed by atoms with E-state index in [-0.39, 0.29) is 116 Å². The lowest BCUT2D eigenvalue weighted by molar-refractivity contribution is -0.136. The number of hydrogen-bond acceptors (Lipinski definition) is 11. The van der Waals surface area contributed by atoms with E-state index in [9.17, 15) is 42.9 Å². The molecule has 0 aromatic rings. The highest BCUT2D eigenvalue weighted by Crippen LogP contribution is 2.48. The molecule has 0 saturated heterocycles. The summed E-state index contributed by atoms with van der Waals surface area (Å²) in [6.45, 7) is 14.6. The molecule has 0 bridgehead atoms. The predicted octanol–water partition coefficient (Wildman–Crippen LogP) is 7.10. The SMILES string of the molecule is CC(=O)CCC(CC(=O)CCC(C(C)=O)C(C)C(=O)C(C)OP(C)(=O)OCC(C)C(C)C(C)CC1C2=CC(=O)C=CC2=CC2=C1CC(=O)CC2=O)C(C)=O. The maximum Gasteiger partial charge on any atom is 0.328 e. The number of fused-ring (bicyclic) bond motifs is 1. The number of carbonyl (C=O) groups is 8. The highest BCUT2D eigenvalue weighted by molar-refractivity contribution is 7.53. The molecule has 0 heterocycles. The van der Waals surface area contributed by atoms with E-state index < -0.39 is 37.2 Å². The first-order valence-electron chi connectivity index (χ1n) is 19.0. The van der Waals surface area contributed by atoms with Crippen molar-refractivity contribution in [2.75, 3.05) is 13.3 Å². The molecule has 11 nitrogen and oxygen atoms in total. The molecule has 0 fully saturated rings. The van der Waals surface area contributed by atoms with E-state index in [0.29, 0.717) is 12.0 Å².